The molecule has 3 atom stereocenters. The molecule has 3 heterocycles. The number of fused-ring (bicyclic) bond motifs is 1. The van der Waals surface area contributed by atoms with Crippen molar-refractivity contribution in [2.24, 2.45) is 0 Å². The third-order valence-corrected chi connectivity index (χ3v) is 6.31. The van der Waals surface area contributed by atoms with E-state index in [0.717, 1.165) is 12.1 Å². The molecule has 0 N–H and O–H groups in total. The van der Waals surface area contributed by atoms with Crippen LogP contribution in [0.4, 0.5) is 0 Å². The van der Waals surface area contributed by atoms with E-state index in [-0.39, 0.29) is 0 Å². The third kappa shape index (κ3) is 2.56. The topological polar surface area (TPSA) is 6.48 Å². The summed E-state index contributed by atoms with van der Waals surface area (Å²) in [5.41, 5.74) is 1.57. The lowest BCUT2D eigenvalue weighted by molar-refractivity contribution is 0.0227. The first kappa shape index (κ1) is 14.6. The van der Waals surface area contributed by atoms with E-state index in [1.165, 1.54) is 48.7 Å². The highest BCUT2D eigenvalue weighted by molar-refractivity contribution is 7.12. The molecular formula is C17H28N2S. The van der Waals surface area contributed by atoms with Crippen LogP contribution in [-0.2, 0) is 0 Å². The molecule has 112 valence electrons. The van der Waals surface area contributed by atoms with Crippen molar-refractivity contribution in [3.63, 3.8) is 0 Å². The maximum Gasteiger partial charge on any atom is 0.0335 e. The number of piperazine rings is 1. The lowest BCUT2D eigenvalue weighted by atomic mass is 9.99. The van der Waals surface area contributed by atoms with Crippen molar-refractivity contribution >= 4 is 11.3 Å². The summed E-state index contributed by atoms with van der Waals surface area (Å²) in [5, 5.41) is 0. The van der Waals surface area contributed by atoms with E-state index in [0.29, 0.717) is 6.04 Å². The van der Waals surface area contributed by atoms with Gasteiger partial charge in [-0.2, -0.15) is 0 Å². The first-order valence-corrected chi connectivity index (χ1v) is 8.98. The van der Waals surface area contributed by atoms with Crippen molar-refractivity contribution < 1.29 is 0 Å². The van der Waals surface area contributed by atoms with Crippen LogP contribution in [0.15, 0.2) is 6.07 Å². The number of aryl methyl sites for hydroxylation is 2. The number of rotatable bonds is 3. The summed E-state index contributed by atoms with van der Waals surface area (Å²) < 4.78 is 0. The van der Waals surface area contributed by atoms with Crippen LogP contribution in [0.1, 0.15) is 54.5 Å². The molecule has 3 unspecified atom stereocenters. The Bertz CT molecular complexity index is 468. The Morgan fingerprint density at radius 3 is 2.80 bits per heavy atom. The average Bonchev–Trinajstić information content (AvgIpc) is 3.01. The Morgan fingerprint density at radius 1 is 1.35 bits per heavy atom. The van der Waals surface area contributed by atoms with Crippen molar-refractivity contribution in [3.05, 3.63) is 21.4 Å². The lowest BCUT2D eigenvalue weighted by Gasteiger charge is -2.46. The van der Waals surface area contributed by atoms with Crippen LogP contribution < -0.4 is 0 Å². The Labute approximate surface area is 127 Å². The smallest absolute Gasteiger partial charge is 0.0335 e. The van der Waals surface area contributed by atoms with E-state index in [1.807, 2.05) is 11.3 Å². The predicted molar refractivity (Wildman–Crippen MR) is 87.6 cm³/mol. The molecule has 20 heavy (non-hydrogen) atoms. The fourth-order valence-corrected chi connectivity index (χ4v) is 5.21. The van der Waals surface area contributed by atoms with E-state index in [4.69, 9.17) is 0 Å². The summed E-state index contributed by atoms with van der Waals surface area (Å²) >= 11 is 1.95. The molecule has 3 rings (SSSR count). The van der Waals surface area contributed by atoms with Gasteiger partial charge in [-0.3, -0.25) is 9.80 Å². The molecule has 0 spiro atoms. The van der Waals surface area contributed by atoms with Gasteiger partial charge in [0.2, 0.25) is 0 Å². The highest BCUT2D eigenvalue weighted by Gasteiger charge is 2.37. The van der Waals surface area contributed by atoms with Gasteiger partial charge in [0.05, 0.1) is 0 Å². The molecule has 0 aliphatic carbocycles. The van der Waals surface area contributed by atoms with E-state index in [2.05, 4.69) is 43.6 Å². The zero-order valence-electron chi connectivity index (χ0n) is 13.4. The molecule has 2 saturated heterocycles. The van der Waals surface area contributed by atoms with Crippen molar-refractivity contribution in [3.8, 4) is 0 Å². The van der Waals surface area contributed by atoms with Gasteiger partial charge in [-0.25, -0.2) is 0 Å². The van der Waals surface area contributed by atoms with Crippen LogP contribution in [0.3, 0.4) is 0 Å². The Hall–Kier alpha value is -0.380. The fourth-order valence-electron chi connectivity index (χ4n) is 4.19. The van der Waals surface area contributed by atoms with Crippen LogP contribution in [0.2, 0.25) is 0 Å². The minimum absolute atomic E-state index is 0.577. The van der Waals surface area contributed by atoms with Crippen molar-refractivity contribution in [1.29, 1.82) is 0 Å². The molecule has 1 aromatic heterocycles. The van der Waals surface area contributed by atoms with Gasteiger partial charge in [0.1, 0.15) is 0 Å². The maximum absolute atomic E-state index is 2.79. The van der Waals surface area contributed by atoms with Gasteiger partial charge in [0, 0.05) is 41.0 Å². The van der Waals surface area contributed by atoms with Gasteiger partial charge in [0.15, 0.2) is 0 Å². The highest BCUT2D eigenvalue weighted by atomic mass is 32.1. The molecule has 2 aliphatic rings. The zero-order valence-corrected chi connectivity index (χ0v) is 14.2. The van der Waals surface area contributed by atoms with Gasteiger partial charge in [-0.05, 0) is 58.2 Å². The summed E-state index contributed by atoms with van der Waals surface area (Å²) in [6.07, 6.45) is 4.08. The standard InChI is InChI=1S/C17H28N2S/c1-5-15-10-18-8-6-7-16(18)11-19(15)13(3)17-9-12(2)20-14(17)4/h9,13,15-16H,5-8,10-11H2,1-4H3. The van der Waals surface area contributed by atoms with Crippen molar-refractivity contribution in [2.45, 2.75) is 65.1 Å². The normalized spacial score (nSPS) is 29.6. The molecule has 0 aromatic carbocycles. The quantitative estimate of drug-likeness (QED) is 0.831. The van der Waals surface area contributed by atoms with Gasteiger partial charge in [-0.15, -0.1) is 11.3 Å². The number of nitrogens with zero attached hydrogens (tertiary/aromatic N) is 2. The van der Waals surface area contributed by atoms with Crippen molar-refractivity contribution in [2.75, 3.05) is 19.6 Å². The van der Waals surface area contributed by atoms with E-state index in [9.17, 15) is 0 Å². The summed E-state index contributed by atoms with van der Waals surface area (Å²) in [5.74, 6) is 0. The second-order valence-corrected chi connectivity index (χ2v) is 8.05. The summed E-state index contributed by atoms with van der Waals surface area (Å²) in [7, 11) is 0. The molecular weight excluding hydrogens is 264 g/mol. The first-order valence-electron chi connectivity index (χ1n) is 8.17. The van der Waals surface area contributed by atoms with Crippen LogP contribution >= 0.6 is 11.3 Å². The van der Waals surface area contributed by atoms with Crippen LogP contribution in [0, 0.1) is 13.8 Å². The van der Waals surface area contributed by atoms with E-state index in [1.54, 1.807) is 5.56 Å². The Morgan fingerprint density at radius 2 is 2.15 bits per heavy atom. The minimum atomic E-state index is 0.577. The van der Waals surface area contributed by atoms with Crippen molar-refractivity contribution in [1.82, 2.24) is 9.80 Å². The molecule has 2 nitrogen and oxygen atoms in total. The van der Waals surface area contributed by atoms with Crippen LogP contribution in [0.25, 0.3) is 0 Å². The minimum Gasteiger partial charge on any atom is -0.298 e. The van der Waals surface area contributed by atoms with E-state index >= 15 is 0 Å². The van der Waals surface area contributed by atoms with Gasteiger partial charge < -0.3 is 0 Å². The molecule has 0 bridgehead atoms. The second-order valence-electron chi connectivity index (χ2n) is 6.59. The number of thiophene rings is 1. The molecule has 0 saturated carbocycles. The Balaban J connectivity index is 1.81. The Kier molecular flexibility index (Phi) is 4.21. The van der Waals surface area contributed by atoms with Gasteiger partial charge in [-0.1, -0.05) is 6.92 Å². The average molecular weight is 292 g/mol. The molecule has 2 aliphatic heterocycles. The number of hydrogen-bond acceptors (Lipinski definition) is 3. The highest BCUT2D eigenvalue weighted by Crippen LogP contribution is 2.35. The summed E-state index contributed by atoms with van der Waals surface area (Å²) in [6, 6.07) is 4.55. The van der Waals surface area contributed by atoms with Crippen LogP contribution in [-0.4, -0.2) is 41.5 Å². The molecule has 0 amide bonds. The maximum atomic E-state index is 2.79. The predicted octanol–water partition coefficient (Wildman–Crippen LogP) is 3.98. The zero-order chi connectivity index (χ0) is 14.3. The molecule has 3 heteroatoms. The monoisotopic (exact) mass is 292 g/mol. The summed E-state index contributed by atoms with van der Waals surface area (Å²) in [4.78, 5) is 8.50. The van der Waals surface area contributed by atoms with Gasteiger partial charge >= 0.3 is 0 Å². The third-order valence-electron chi connectivity index (χ3n) is 5.33. The largest absolute Gasteiger partial charge is 0.298 e. The fraction of sp³-hybridized carbons (Fsp3) is 0.765. The number of hydrogen-bond donors (Lipinski definition) is 0. The van der Waals surface area contributed by atoms with Gasteiger partial charge in [0.25, 0.3) is 0 Å². The second kappa shape index (κ2) is 5.78. The first-order chi connectivity index (χ1) is 9.60. The molecule has 2 fully saturated rings. The lowest BCUT2D eigenvalue weighted by Crippen LogP contribution is -2.56. The molecule has 0 radical (unpaired) electrons. The SMILES string of the molecule is CCC1CN2CCCC2CN1C(C)c1cc(C)sc1C. The summed E-state index contributed by atoms with van der Waals surface area (Å²) in [6.45, 7) is 13.2. The van der Waals surface area contributed by atoms with Crippen LogP contribution in [0.5, 0.6) is 0 Å². The van der Waals surface area contributed by atoms with E-state index < -0.39 is 0 Å². The molecule has 1 aromatic rings.